The van der Waals surface area contributed by atoms with Crippen LogP contribution in [0.15, 0.2) is 28.8 Å². The number of hydrogen-bond donors (Lipinski definition) is 1. The highest BCUT2D eigenvalue weighted by Crippen LogP contribution is 2.37. The molecule has 1 aromatic heterocycles. The van der Waals surface area contributed by atoms with Crippen LogP contribution in [0, 0.1) is 17.2 Å². The predicted molar refractivity (Wildman–Crippen MR) is 84.7 cm³/mol. The van der Waals surface area contributed by atoms with Crippen LogP contribution in [0.4, 0.5) is 5.69 Å². The fraction of sp³-hybridized carbons (Fsp3) is 0.471. The second kappa shape index (κ2) is 6.01. The Bertz CT molecular complexity index is 709. The smallest absolute Gasteiger partial charge is 0.245 e. The maximum absolute atomic E-state index is 8.80. The molecule has 118 valence electrons. The van der Waals surface area contributed by atoms with Crippen molar-refractivity contribution in [1.82, 2.24) is 15.0 Å². The molecule has 1 N–H and O–H groups in total. The topological polar surface area (TPSA) is 78.0 Å². The third-order valence-corrected chi connectivity index (χ3v) is 4.93. The van der Waals surface area contributed by atoms with Gasteiger partial charge in [0.15, 0.2) is 5.82 Å². The zero-order valence-electron chi connectivity index (χ0n) is 12.9. The molecule has 1 aromatic carbocycles. The minimum atomic E-state index is 0.421. The summed E-state index contributed by atoms with van der Waals surface area (Å²) < 4.78 is 5.40. The van der Waals surface area contributed by atoms with Crippen LogP contribution in [-0.4, -0.2) is 34.7 Å². The van der Waals surface area contributed by atoms with Crippen molar-refractivity contribution in [3.63, 3.8) is 0 Å². The highest BCUT2D eigenvalue weighted by atomic mass is 16.5. The summed E-state index contributed by atoms with van der Waals surface area (Å²) in [6, 6.07) is 9.44. The fourth-order valence-electron chi connectivity index (χ4n) is 3.59. The number of nitriles is 1. The second-order valence-corrected chi connectivity index (χ2v) is 6.33. The summed E-state index contributed by atoms with van der Waals surface area (Å²) in [6.07, 6.45) is 2.50. The Kier molecular flexibility index (Phi) is 3.72. The molecule has 0 amide bonds. The molecule has 1 unspecified atom stereocenters. The van der Waals surface area contributed by atoms with E-state index in [1.54, 1.807) is 12.1 Å². The molecule has 3 aliphatic rings. The van der Waals surface area contributed by atoms with Crippen molar-refractivity contribution >= 4 is 5.69 Å². The Morgan fingerprint density at radius 1 is 1.26 bits per heavy atom. The number of anilines is 1. The Balaban J connectivity index is 1.39. The van der Waals surface area contributed by atoms with E-state index in [0.29, 0.717) is 29.8 Å². The number of piperidine rings is 3. The lowest BCUT2D eigenvalue weighted by atomic mass is 9.79. The van der Waals surface area contributed by atoms with Crippen LogP contribution in [0.1, 0.15) is 36.0 Å². The van der Waals surface area contributed by atoms with Crippen LogP contribution in [0.5, 0.6) is 0 Å². The number of hydrogen-bond acceptors (Lipinski definition) is 6. The van der Waals surface area contributed by atoms with Gasteiger partial charge in [-0.3, -0.25) is 0 Å². The lowest BCUT2D eigenvalue weighted by molar-refractivity contribution is 0.0825. The highest BCUT2D eigenvalue weighted by molar-refractivity contribution is 5.47. The molecule has 4 heterocycles. The van der Waals surface area contributed by atoms with Crippen molar-refractivity contribution in [1.29, 1.82) is 5.26 Å². The molecule has 0 saturated carbocycles. The third kappa shape index (κ3) is 2.92. The number of fused-ring (bicyclic) bond motifs is 3. The van der Waals surface area contributed by atoms with Gasteiger partial charge in [-0.1, -0.05) is 5.16 Å². The van der Waals surface area contributed by atoms with E-state index in [0.717, 1.165) is 18.1 Å². The normalized spacial score (nSPS) is 26.0. The summed E-state index contributed by atoms with van der Waals surface area (Å²) in [5, 5.41) is 16.2. The van der Waals surface area contributed by atoms with Crippen molar-refractivity contribution in [3.8, 4) is 6.07 Å². The van der Waals surface area contributed by atoms with E-state index >= 15 is 0 Å². The van der Waals surface area contributed by atoms with E-state index in [1.807, 2.05) is 12.1 Å². The van der Waals surface area contributed by atoms with Crippen LogP contribution in [0.25, 0.3) is 0 Å². The monoisotopic (exact) mass is 309 g/mol. The Morgan fingerprint density at radius 3 is 2.70 bits per heavy atom. The summed E-state index contributed by atoms with van der Waals surface area (Å²) in [6.45, 7) is 3.99. The third-order valence-electron chi connectivity index (χ3n) is 4.93. The second-order valence-electron chi connectivity index (χ2n) is 6.33. The van der Waals surface area contributed by atoms with Crippen molar-refractivity contribution in [2.75, 3.05) is 25.0 Å². The van der Waals surface area contributed by atoms with Crippen LogP contribution in [0.3, 0.4) is 0 Å². The zero-order chi connectivity index (χ0) is 15.6. The number of nitrogens with one attached hydrogen (secondary N) is 1. The van der Waals surface area contributed by atoms with Crippen LogP contribution >= 0.6 is 0 Å². The molecule has 3 aliphatic heterocycles. The molecule has 2 bridgehead atoms. The van der Waals surface area contributed by atoms with Crippen LogP contribution < -0.4 is 5.32 Å². The van der Waals surface area contributed by atoms with Crippen molar-refractivity contribution < 1.29 is 4.52 Å². The van der Waals surface area contributed by atoms with Gasteiger partial charge in [-0.25, -0.2) is 0 Å². The van der Waals surface area contributed by atoms with Gasteiger partial charge in [-0.15, -0.1) is 0 Å². The molecule has 6 heteroatoms. The first-order valence-corrected chi connectivity index (χ1v) is 8.11. The number of aromatic nitrogens is 2. The molecule has 0 spiro atoms. The average molecular weight is 309 g/mol. The maximum atomic E-state index is 8.80. The van der Waals surface area contributed by atoms with E-state index in [4.69, 9.17) is 9.78 Å². The Labute approximate surface area is 135 Å². The Hall–Kier alpha value is -2.39. The Morgan fingerprint density at radius 2 is 2.04 bits per heavy atom. The number of nitrogens with zero attached hydrogens (tertiary/aromatic N) is 4. The maximum Gasteiger partial charge on any atom is 0.245 e. The van der Waals surface area contributed by atoms with Crippen molar-refractivity contribution in [3.05, 3.63) is 41.5 Å². The van der Waals surface area contributed by atoms with E-state index in [-0.39, 0.29) is 0 Å². The first-order valence-electron chi connectivity index (χ1n) is 8.11. The summed E-state index contributed by atoms with van der Waals surface area (Å²) in [7, 11) is 0. The van der Waals surface area contributed by atoms with Gasteiger partial charge < -0.3 is 14.7 Å². The van der Waals surface area contributed by atoms with E-state index < -0.39 is 0 Å². The molecule has 23 heavy (non-hydrogen) atoms. The molecule has 0 aliphatic carbocycles. The minimum Gasteiger partial charge on any atom is -0.376 e. The zero-order valence-corrected chi connectivity index (χ0v) is 12.9. The summed E-state index contributed by atoms with van der Waals surface area (Å²) >= 11 is 0. The molecule has 3 saturated heterocycles. The molecule has 5 rings (SSSR count). The van der Waals surface area contributed by atoms with Gasteiger partial charge in [0.05, 0.1) is 18.2 Å². The number of rotatable bonds is 4. The van der Waals surface area contributed by atoms with E-state index in [2.05, 4.69) is 26.4 Å². The average Bonchev–Trinajstić information content (AvgIpc) is 3.10. The summed E-state index contributed by atoms with van der Waals surface area (Å²) in [5.41, 5.74) is 1.59. The lowest BCUT2D eigenvalue weighted by Crippen LogP contribution is -2.46. The van der Waals surface area contributed by atoms with Gasteiger partial charge in [0, 0.05) is 18.2 Å². The van der Waals surface area contributed by atoms with E-state index in [1.165, 1.54) is 25.9 Å². The first kappa shape index (κ1) is 14.2. The molecule has 3 fully saturated rings. The SMILES string of the molecule is N#Cc1ccc(NCc2nc(C3CN4CCC3CC4)no2)cc1. The largest absolute Gasteiger partial charge is 0.376 e. The molecular formula is C17H19N5O. The molecule has 6 nitrogen and oxygen atoms in total. The first-order chi connectivity index (χ1) is 11.3. The van der Waals surface area contributed by atoms with Crippen LogP contribution in [0.2, 0.25) is 0 Å². The van der Waals surface area contributed by atoms with Gasteiger partial charge in [0.25, 0.3) is 0 Å². The van der Waals surface area contributed by atoms with Crippen LogP contribution in [-0.2, 0) is 6.54 Å². The molecule has 0 radical (unpaired) electrons. The van der Waals surface area contributed by atoms with Crippen molar-refractivity contribution in [2.24, 2.45) is 5.92 Å². The van der Waals surface area contributed by atoms with Gasteiger partial charge in [0.1, 0.15) is 0 Å². The van der Waals surface area contributed by atoms with Gasteiger partial charge in [0.2, 0.25) is 5.89 Å². The predicted octanol–water partition coefficient (Wildman–Crippen LogP) is 2.36. The minimum absolute atomic E-state index is 0.421. The molecular weight excluding hydrogens is 290 g/mol. The highest BCUT2D eigenvalue weighted by Gasteiger charge is 2.37. The summed E-state index contributed by atoms with van der Waals surface area (Å²) in [4.78, 5) is 7.08. The van der Waals surface area contributed by atoms with Gasteiger partial charge >= 0.3 is 0 Å². The summed E-state index contributed by atoms with van der Waals surface area (Å²) in [5.74, 6) is 2.60. The number of benzene rings is 1. The standard InChI is InChI=1S/C17H19N5O/c18-9-12-1-3-14(4-2-12)19-10-16-20-17(21-23-16)15-11-22-7-5-13(15)6-8-22/h1-4,13,15,19H,5-8,10-11H2. The quantitative estimate of drug-likeness (QED) is 0.934. The fourth-order valence-corrected chi connectivity index (χ4v) is 3.59. The molecule has 1 atom stereocenters. The van der Waals surface area contributed by atoms with Gasteiger partial charge in [-0.05, 0) is 56.1 Å². The molecule has 2 aromatic rings. The lowest BCUT2D eigenvalue weighted by Gasteiger charge is -2.43. The van der Waals surface area contributed by atoms with E-state index in [9.17, 15) is 0 Å². The van der Waals surface area contributed by atoms with Gasteiger partial charge in [-0.2, -0.15) is 10.2 Å². The van der Waals surface area contributed by atoms with Crippen molar-refractivity contribution in [2.45, 2.75) is 25.3 Å².